The van der Waals surface area contributed by atoms with E-state index in [2.05, 4.69) is 11.9 Å². The molecule has 0 atom stereocenters. The first-order chi connectivity index (χ1) is 4.70. The SMILES string of the molecule is [CH2]c1ccnc(C(C)=O)c1. The molecule has 0 saturated heterocycles. The molecule has 1 aromatic heterocycles. The normalized spacial score (nSPS) is 9.40. The molecule has 0 saturated carbocycles. The van der Waals surface area contributed by atoms with Gasteiger partial charge in [0.25, 0.3) is 0 Å². The third-order valence-electron chi connectivity index (χ3n) is 1.19. The molecule has 0 aliphatic rings. The van der Waals surface area contributed by atoms with Gasteiger partial charge in [0.1, 0.15) is 5.69 Å². The van der Waals surface area contributed by atoms with E-state index in [1.165, 1.54) is 6.92 Å². The van der Waals surface area contributed by atoms with Crippen molar-refractivity contribution in [3.63, 3.8) is 0 Å². The van der Waals surface area contributed by atoms with Gasteiger partial charge in [-0.05, 0) is 24.6 Å². The van der Waals surface area contributed by atoms with E-state index in [0.29, 0.717) is 5.69 Å². The highest BCUT2D eigenvalue weighted by molar-refractivity contribution is 5.92. The lowest BCUT2D eigenvalue weighted by atomic mass is 10.2. The first kappa shape index (κ1) is 6.93. The van der Waals surface area contributed by atoms with Crippen LogP contribution in [-0.4, -0.2) is 10.8 Å². The number of pyridine rings is 1. The number of hydrogen-bond acceptors (Lipinski definition) is 2. The largest absolute Gasteiger partial charge is 0.293 e. The van der Waals surface area contributed by atoms with Gasteiger partial charge in [0.2, 0.25) is 0 Å². The van der Waals surface area contributed by atoms with Crippen molar-refractivity contribution in [3.8, 4) is 0 Å². The lowest BCUT2D eigenvalue weighted by Gasteiger charge is -1.93. The van der Waals surface area contributed by atoms with E-state index >= 15 is 0 Å². The number of carbonyl (C=O) groups is 1. The lowest BCUT2D eigenvalue weighted by Crippen LogP contribution is -1.95. The van der Waals surface area contributed by atoms with E-state index in [-0.39, 0.29) is 5.78 Å². The minimum atomic E-state index is -0.0227. The number of nitrogens with zero attached hydrogens (tertiary/aromatic N) is 1. The summed E-state index contributed by atoms with van der Waals surface area (Å²) in [5.74, 6) is -0.0227. The van der Waals surface area contributed by atoms with Crippen molar-refractivity contribution >= 4 is 5.78 Å². The van der Waals surface area contributed by atoms with Crippen LogP contribution in [0.25, 0.3) is 0 Å². The Bertz CT molecular complexity index is 255. The van der Waals surface area contributed by atoms with Gasteiger partial charge in [-0.3, -0.25) is 9.78 Å². The Morgan fingerprint density at radius 1 is 1.70 bits per heavy atom. The molecule has 1 radical (unpaired) electrons. The van der Waals surface area contributed by atoms with Crippen molar-refractivity contribution < 1.29 is 4.79 Å². The van der Waals surface area contributed by atoms with Crippen molar-refractivity contribution in [1.29, 1.82) is 0 Å². The summed E-state index contributed by atoms with van der Waals surface area (Å²) in [7, 11) is 0. The molecule has 1 aromatic rings. The topological polar surface area (TPSA) is 30.0 Å². The van der Waals surface area contributed by atoms with Crippen molar-refractivity contribution in [2.75, 3.05) is 0 Å². The predicted molar refractivity (Wildman–Crippen MR) is 38.7 cm³/mol. The molecular weight excluding hydrogens is 126 g/mol. The van der Waals surface area contributed by atoms with E-state index < -0.39 is 0 Å². The predicted octanol–water partition coefficient (Wildman–Crippen LogP) is 1.47. The van der Waals surface area contributed by atoms with Crippen LogP contribution in [0, 0.1) is 6.92 Å². The number of carbonyl (C=O) groups excluding carboxylic acids is 1. The Labute approximate surface area is 59.9 Å². The zero-order valence-corrected chi connectivity index (χ0v) is 5.79. The summed E-state index contributed by atoms with van der Waals surface area (Å²) in [6, 6.07) is 3.43. The van der Waals surface area contributed by atoms with Crippen LogP contribution in [-0.2, 0) is 0 Å². The van der Waals surface area contributed by atoms with Gasteiger partial charge in [-0.15, -0.1) is 0 Å². The van der Waals surface area contributed by atoms with E-state index in [4.69, 9.17) is 0 Å². The average molecular weight is 134 g/mol. The number of rotatable bonds is 1. The summed E-state index contributed by atoms with van der Waals surface area (Å²) >= 11 is 0. The van der Waals surface area contributed by atoms with Crippen molar-refractivity contribution in [3.05, 3.63) is 36.5 Å². The third-order valence-corrected chi connectivity index (χ3v) is 1.19. The van der Waals surface area contributed by atoms with E-state index in [0.717, 1.165) is 5.56 Å². The Balaban J connectivity index is 3.07. The van der Waals surface area contributed by atoms with Crippen LogP contribution in [0.15, 0.2) is 18.3 Å². The van der Waals surface area contributed by atoms with Crippen LogP contribution in [0.1, 0.15) is 23.0 Å². The molecule has 0 N–H and O–H groups in total. The summed E-state index contributed by atoms with van der Waals surface area (Å²) in [4.78, 5) is 14.6. The standard InChI is InChI=1S/C8H8NO/c1-6-3-4-9-8(5-6)7(2)10/h3-5H,1H2,2H3. The molecule has 0 spiro atoms. The summed E-state index contributed by atoms with van der Waals surface area (Å²) in [6.07, 6.45) is 1.58. The van der Waals surface area contributed by atoms with Crippen LogP contribution >= 0.6 is 0 Å². The Morgan fingerprint density at radius 3 is 2.80 bits per heavy atom. The van der Waals surface area contributed by atoms with E-state index in [9.17, 15) is 4.79 Å². The van der Waals surface area contributed by atoms with Crippen LogP contribution < -0.4 is 0 Å². The van der Waals surface area contributed by atoms with Crippen molar-refractivity contribution in [1.82, 2.24) is 4.98 Å². The lowest BCUT2D eigenvalue weighted by molar-refractivity contribution is 0.101. The second kappa shape index (κ2) is 2.60. The molecule has 1 rings (SSSR count). The number of aromatic nitrogens is 1. The molecule has 0 fully saturated rings. The van der Waals surface area contributed by atoms with Gasteiger partial charge in [-0.25, -0.2) is 0 Å². The fraction of sp³-hybridized carbons (Fsp3) is 0.125. The molecule has 1 heterocycles. The van der Waals surface area contributed by atoms with Gasteiger partial charge in [0.15, 0.2) is 5.78 Å². The number of hydrogen-bond donors (Lipinski definition) is 0. The fourth-order valence-corrected chi connectivity index (χ4v) is 0.667. The summed E-state index contributed by atoms with van der Waals surface area (Å²) in [5, 5.41) is 0. The molecule has 0 aliphatic carbocycles. The molecule has 0 amide bonds. The minimum absolute atomic E-state index is 0.0227. The first-order valence-electron chi connectivity index (χ1n) is 2.99. The molecular formula is C8H8NO. The molecule has 0 aliphatic heterocycles. The highest BCUT2D eigenvalue weighted by Gasteiger charge is 1.97. The molecule has 2 nitrogen and oxygen atoms in total. The number of ketones is 1. The molecule has 0 unspecified atom stereocenters. The maximum atomic E-state index is 10.7. The van der Waals surface area contributed by atoms with Gasteiger partial charge in [0, 0.05) is 13.1 Å². The van der Waals surface area contributed by atoms with Crippen molar-refractivity contribution in [2.45, 2.75) is 6.92 Å². The molecule has 10 heavy (non-hydrogen) atoms. The van der Waals surface area contributed by atoms with Gasteiger partial charge in [0.05, 0.1) is 0 Å². The minimum Gasteiger partial charge on any atom is -0.293 e. The van der Waals surface area contributed by atoms with E-state index in [1.54, 1.807) is 18.3 Å². The summed E-state index contributed by atoms with van der Waals surface area (Å²) < 4.78 is 0. The highest BCUT2D eigenvalue weighted by Crippen LogP contribution is 1.99. The van der Waals surface area contributed by atoms with Gasteiger partial charge in [-0.1, -0.05) is 0 Å². The molecule has 51 valence electrons. The maximum Gasteiger partial charge on any atom is 0.178 e. The quantitative estimate of drug-likeness (QED) is 0.544. The average Bonchev–Trinajstić information content (AvgIpc) is 1.88. The van der Waals surface area contributed by atoms with Crippen molar-refractivity contribution in [2.24, 2.45) is 0 Å². The van der Waals surface area contributed by atoms with Crippen LogP contribution in [0.5, 0.6) is 0 Å². The smallest absolute Gasteiger partial charge is 0.178 e. The monoisotopic (exact) mass is 134 g/mol. The maximum absolute atomic E-state index is 10.7. The second-order valence-electron chi connectivity index (χ2n) is 2.11. The third kappa shape index (κ3) is 1.41. The van der Waals surface area contributed by atoms with Gasteiger partial charge in [-0.2, -0.15) is 0 Å². The second-order valence-corrected chi connectivity index (χ2v) is 2.11. The van der Waals surface area contributed by atoms with E-state index in [1.807, 2.05) is 0 Å². The molecule has 2 heteroatoms. The molecule has 0 aromatic carbocycles. The zero-order chi connectivity index (χ0) is 7.56. The van der Waals surface area contributed by atoms with Gasteiger partial charge < -0.3 is 0 Å². The van der Waals surface area contributed by atoms with Crippen LogP contribution in [0.2, 0.25) is 0 Å². The fourth-order valence-electron chi connectivity index (χ4n) is 0.667. The van der Waals surface area contributed by atoms with Crippen LogP contribution in [0.3, 0.4) is 0 Å². The first-order valence-corrected chi connectivity index (χ1v) is 2.99. The van der Waals surface area contributed by atoms with Gasteiger partial charge >= 0.3 is 0 Å². The Hall–Kier alpha value is -1.18. The zero-order valence-electron chi connectivity index (χ0n) is 5.79. The van der Waals surface area contributed by atoms with Crippen LogP contribution in [0.4, 0.5) is 0 Å². The Morgan fingerprint density at radius 2 is 2.40 bits per heavy atom. The molecule has 0 bridgehead atoms. The number of Topliss-reactive ketones (excluding diaryl/α,β-unsaturated/α-hetero) is 1. The summed E-state index contributed by atoms with van der Waals surface area (Å²) in [6.45, 7) is 5.16. The Kier molecular flexibility index (Phi) is 1.81. The highest BCUT2D eigenvalue weighted by atomic mass is 16.1. The summed E-state index contributed by atoms with van der Waals surface area (Å²) in [5.41, 5.74) is 1.30.